The lowest BCUT2D eigenvalue weighted by Gasteiger charge is -2.38. The van der Waals surface area contributed by atoms with E-state index in [9.17, 15) is 18.8 Å². The van der Waals surface area contributed by atoms with Crippen molar-refractivity contribution < 1.29 is 23.5 Å². The predicted octanol–water partition coefficient (Wildman–Crippen LogP) is 5.85. The van der Waals surface area contributed by atoms with Gasteiger partial charge in [-0.2, -0.15) is 0 Å². The van der Waals surface area contributed by atoms with Gasteiger partial charge in [0.15, 0.2) is 0 Å². The quantitative estimate of drug-likeness (QED) is 0.305. The minimum atomic E-state index is -1.23. The van der Waals surface area contributed by atoms with Gasteiger partial charge in [0, 0.05) is 18.3 Å². The van der Waals surface area contributed by atoms with Crippen LogP contribution in [0.4, 0.5) is 10.1 Å². The van der Waals surface area contributed by atoms with Crippen LogP contribution < -0.4 is 10.6 Å². The molecule has 2 aromatic carbocycles. The van der Waals surface area contributed by atoms with Gasteiger partial charge in [-0.05, 0) is 93.3 Å². The summed E-state index contributed by atoms with van der Waals surface area (Å²) in [6.07, 6.45) is 10.2. The van der Waals surface area contributed by atoms with Crippen molar-refractivity contribution in [1.82, 2.24) is 15.1 Å². The van der Waals surface area contributed by atoms with Crippen LogP contribution >= 0.6 is 11.6 Å². The van der Waals surface area contributed by atoms with Crippen LogP contribution in [0.25, 0.3) is 0 Å². The third-order valence-corrected chi connectivity index (χ3v) is 12.4. The average Bonchev–Trinajstić information content (AvgIpc) is 3.73. The van der Waals surface area contributed by atoms with Crippen LogP contribution in [0.1, 0.15) is 57.9 Å². The topological polar surface area (TPSA) is 91.0 Å². The Hall–Kier alpha value is -3.27. The number of fused-ring (bicyclic) bond motifs is 1. The number of anilines is 1. The highest BCUT2D eigenvalue weighted by molar-refractivity contribution is 6.31. The van der Waals surface area contributed by atoms with Gasteiger partial charge in [0.2, 0.25) is 17.7 Å². The number of ether oxygens (including phenoxy) is 1. The first kappa shape index (κ1) is 34.2. The highest BCUT2D eigenvalue weighted by Crippen LogP contribution is 2.55. The van der Waals surface area contributed by atoms with Gasteiger partial charge in [-0.25, -0.2) is 4.39 Å². The molecular weight excluding hydrogens is 643 g/mol. The van der Waals surface area contributed by atoms with E-state index in [1.807, 2.05) is 12.2 Å². The predicted molar refractivity (Wildman–Crippen MR) is 187 cm³/mol. The van der Waals surface area contributed by atoms with Gasteiger partial charge in [-0.3, -0.25) is 14.4 Å². The number of halogens is 2. The molecular formula is C39H48ClFN4O4. The number of hydrogen-bond donors (Lipinski definition) is 2. The average molecular weight is 691 g/mol. The van der Waals surface area contributed by atoms with Crippen molar-refractivity contribution in [3.63, 3.8) is 0 Å². The maximum absolute atomic E-state index is 14.4. The molecule has 1 saturated carbocycles. The molecule has 5 aliphatic rings. The summed E-state index contributed by atoms with van der Waals surface area (Å²) in [5.41, 5.74) is 0.494. The molecule has 3 amide bonds. The van der Waals surface area contributed by atoms with Gasteiger partial charge in [0.05, 0.1) is 23.0 Å². The van der Waals surface area contributed by atoms with Gasteiger partial charge < -0.3 is 25.2 Å². The highest BCUT2D eigenvalue weighted by Gasteiger charge is 2.72. The second kappa shape index (κ2) is 14.2. The molecule has 4 fully saturated rings. The van der Waals surface area contributed by atoms with Gasteiger partial charge in [-0.15, -0.1) is 0 Å². The number of amides is 3. The molecule has 7 rings (SSSR count). The fourth-order valence-electron chi connectivity index (χ4n) is 9.18. The monoisotopic (exact) mass is 690 g/mol. The third kappa shape index (κ3) is 6.66. The van der Waals surface area contributed by atoms with Crippen LogP contribution in [0.15, 0.2) is 60.7 Å². The SMILES string of the molecule is CC1CCCC(NC(=O)C2N(CCCN3CCC(Cc4ccccc4)CC3)C(=O)[C@H]3C(C(=O)Nc4ccc(F)c(Cl)c4)[C@H]4C=CC23O4)C1C. The Morgan fingerprint density at radius 2 is 1.80 bits per heavy atom. The Bertz CT molecular complexity index is 1580. The lowest BCUT2D eigenvalue weighted by atomic mass is 9.73. The number of piperidine rings is 1. The molecule has 49 heavy (non-hydrogen) atoms. The zero-order valence-corrected chi connectivity index (χ0v) is 29.2. The molecule has 8 nitrogen and oxygen atoms in total. The Morgan fingerprint density at radius 1 is 1.02 bits per heavy atom. The molecule has 8 atom stereocenters. The molecule has 6 unspecified atom stereocenters. The van der Waals surface area contributed by atoms with Crippen molar-refractivity contribution in [3.05, 3.63) is 77.1 Å². The summed E-state index contributed by atoms with van der Waals surface area (Å²) in [7, 11) is 0. The first-order valence-electron chi connectivity index (χ1n) is 18.1. The lowest BCUT2D eigenvalue weighted by Crippen LogP contribution is -2.58. The summed E-state index contributed by atoms with van der Waals surface area (Å²) >= 11 is 5.98. The van der Waals surface area contributed by atoms with Crippen molar-refractivity contribution in [1.29, 1.82) is 0 Å². The smallest absolute Gasteiger partial charge is 0.246 e. The molecule has 2 bridgehead atoms. The maximum Gasteiger partial charge on any atom is 0.246 e. The van der Waals surface area contributed by atoms with E-state index in [0.717, 1.165) is 64.6 Å². The van der Waals surface area contributed by atoms with E-state index in [1.54, 1.807) is 4.90 Å². The summed E-state index contributed by atoms with van der Waals surface area (Å²) in [4.78, 5) is 46.7. The van der Waals surface area contributed by atoms with E-state index in [4.69, 9.17) is 16.3 Å². The van der Waals surface area contributed by atoms with Gasteiger partial charge in [-0.1, -0.05) is 80.8 Å². The van der Waals surface area contributed by atoms with E-state index >= 15 is 0 Å². The summed E-state index contributed by atoms with van der Waals surface area (Å²) < 4.78 is 20.3. The van der Waals surface area contributed by atoms with E-state index in [-0.39, 0.29) is 22.9 Å². The van der Waals surface area contributed by atoms with Crippen molar-refractivity contribution in [2.75, 3.05) is 31.5 Å². The first-order chi connectivity index (χ1) is 23.6. The Labute approximate surface area is 293 Å². The van der Waals surface area contributed by atoms with Crippen LogP contribution in [0.3, 0.4) is 0 Å². The summed E-state index contributed by atoms with van der Waals surface area (Å²) in [6.45, 7) is 7.69. The largest absolute Gasteiger partial charge is 0.359 e. The number of carbonyl (C=O) groups excluding carboxylic acids is 3. The lowest BCUT2D eigenvalue weighted by molar-refractivity contribution is -0.141. The zero-order chi connectivity index (χ0) is 34.3. The molecule has 1 spiro atoms. The second-order valence-corrected chi connectivity index (χ2v) is 15.5. The molecule has 2 aromatic rings. The molecule has 10 heteroatoms. The summed E-state index contributed by atoms with van der Waals surface area (Å²) in [5.74, 6) is -1.62. The Balaban J connectivity index is 1.06. The van der Waals surface area contributed by atoms with E-state index in [2.05, 4.69) is 59.7 Å². The van der Waals surface area contributed by atoms with E-state index < -0.39 is 41.3 Å². The highest BCUT2D eigenvalue weighted by atomic mass is 35.5. The van der Waals surface area contributed by atoms with Crippen LogP contribution in [-0.2, 0) is 25.5 Å². The number of carbonyl (C=O) groups is 3. The number of nitrogens with zero attached hydrogens (tertiary/aromatic N) is 2. The molecule has 3 saturated heterocycles. The molecule has 0 aromatic heterocycles. The maximum atomic E-state index is 14.4. The van der Waals surface area contributed by atoms with Crippen molar-refractivity contribution in [3.8, 4) is 0 Å². The Kier molecular flexibility index (Phi) is 9.88. The van der Waals surface area contributed by atoms with Crippen LogP contribution in [0, 0.1) is 35.4 Å². The number of hydrogen-bond acceptors (Lipinski definition) is 5. The molecule has 4 heterocycles. The normalized spacial score (nSPS) is 32.8. The second-order valence-electron chi connectivity index (χ2n) is 15.1. The molecule has 2 N–H and O–H groups in total. The van der Waals surface area contributed by atoms with Crippen LogP contribution in [-0.4, -0.2) is 77.5 Å². The minimum Gasteiger partial charge on any atom is -0.359 e. The fraction of sp³-hybridized carbons (Fsp3) is 0.564. The molecule has 4 aliphatic heterocycles. The van der Waals surface area contributed by atoms with Crippen LogP contribution in [0.2, 0.25) is 5.02 Å². The van der Waals surface area contributed by atoms with E-state index in [0.29, 0.717) is 30.0 Å². The zero-order valence-electron chi connectivity index (χ0n) is 28.5. The summed E-state index contributed by atoms with van der Waals surface area (Å²) in [5, 5.41) is 6.05. The van der Waals surface area contributed by atoms with Gasteiger partial charge in [0.25, 0.3) is 0 Å². The number of likely N-dealkylation sites (tertiary alicyclic amines) is 2. The van der Waals surface area contributed by atoms with Crippen molar-refractivity contribution in [2.45, 2.75) is 82.6 Å². The molecule has 0 radical (unpaired) electrons. The number of rotatable bonds is 10. The minimum absolute atomic E-state index is 0.0192. The Morgan fingerprint density at radius 3 is 2.55 bits per heavy atom. The standard InChI is InChI=1S/C39H48ClFN4O4/c1-24-8-6-11-31(25(24)2)43-37(47)35-39-17-14-32(49-39)33(36(46)42-28-12-13-30(41)29(40)23-28)34(39)38(48)45(35)19-7-18-44-20-15-27(16-21-44)22-26-9-4-3-5-10-26/h3-5,9-10,12-14,17,23-25,27,31-35H,6-8,11,15-16,18-22H2,1-2H3,(H,42,46)(H,43,47)/t24?,25?,31?,32-,33?,34-,35?,39?/m1/s1. The molecule has 262 valence electrons. The van der Waals surface area contributed by atoms with E-state index in [1.165, 1.54) is 23.8 Å². The number of benzene rings is 2. The van der Waals surface area contributed by atoms with Crippen molar-refractivity contribution in [2.24, 2.45) is 29.6 Å². The van der Waals surface area contributed by atoms with Crippen molar-refractivity contribution >= 4 is 35.0 Å². The number of nitrogens with one attached hydrogen (secondary N) is 2. The van der Waals surface area contributed by atoms with Gasteiger partial charge >= 0.3 is 0 Å². The third-order valence-electron chi connectivity index (χ3n) is 12.1. The van der Waals surface area contributed by atoms with Crippen LogP contribution in [0.5, 0.6) is 0 Å². The summed E-state index contributed by atoms with van der Waals surface area (Å²) in [6, 6.07) is 13.8. The fourth-order valence-corrected chi connectivity index (χ4v) is 9.36. The first-order valence-corrected chi connectivity index (χ1v) is 18.5. The molecule has 1 aliphatic carbocycles. The van der Waals surface area contributed by atoms with Gasteiger partial charge in [0.1, 0.15) is 17.5 Å².